The van der Waals surface area contributed by atoms with Crippen LogP contribution in [0.3, 0.4) is 0 Å². The van der Waals surface area contributed by atoms with E-state index in [1.165, 1.54) is 5.56 Å². The van der Waals surface area contributed by atoms with Crippen LogP contribution in [0.2, 0.25) is 0 Å². The fraction of sp³-hybridized carbons (Fsp3) is 0.429. The van der Waals surface area contributed by atoms with Crippen LogP contribution in [0.25, 0.3) is 0 Å². The summed E-state index contributed by atoms with van der Waals surface area (Å²) in [4.78, 5) is 0. The molecule has 0 heterocycles. The molecule has 0 aliphatic heterocycles. The Morgan fingerprint density at radius 2 is 2.00 bits per heavy atom. The Morgan fingerprint density at radius 1 is 1.29 bits per heavy atom. The Balaban J connectivity index is 2.58. The maximum Gasteiger partial charge on any atom is 0.160 e. The molecule has 1 rings (SSSR count). The van der Waals surface area contributed by atoms with Gasteiger partial charge in [-0.05, 0) is 31.0 Å². The van der Waals surface area contributed by atoms with Crippen LogP contribution >= 0.6 is 0 Å². The molecule has 1 N–H and O–H groups in total. The van der Waals surface area contributed by atoms with Gasteiger partial charge in [0, 0.05) is 6.54 Å². The number of nitrogens with one attached hydrogen (secondary N) is 1. The molecule has 0 spiro atoms. The van der Waals surface area contributed by atoms with Crippen molar-refractivity contribution in [1.29, 1.82) is 0 Å². The van der Waals surface area contributed by atoms with Crippen molar-refractivity contribution in [2.45, 2.75) is 19.4 Å². The van der Waals surface area contributed by atoms with E-state index in [1.54, 1.807) is 14.2 Å². The Kier molecular flexibility index (Phi) is 5.38. The quantitative estimate of drug-likeness (QED) is 0.761. The number of methoxy groups -OCH3 is 2. The van der Waals surface area contributed by atoms with E-state index < -0.39 is 0 Å². The normalized spacial score (nSPS) is 11.6. The summed E-state index contributed by atoms with van der Waals surface area (Å²) in [6.07, 6.45) is 6.20. The number of ether oxygens (including phenoxy) is 2. The number of hydrogen-bond donors (Lipinski definition) is 1. The van der Waals surface area contributed by atoms with Gasteiger partial charge in [-0.2, -0.15) is 0 Å². The van der Waals surface area contributed by atoms with E-state index >= 15 is 0 Å². The van der Waals surface area contributed by atoms with Gasteiger partial charge >= 0.3 is 0 Å². The first-order valence-electron chi connectivity index (χ1n) is 5.61. The summed E-state index contributed by atoms with van der Waals surface area (Å²) in [5.74, 6) is 4.15. The highest BCUT2D eigenvalue weighted by Gasteiger charge is 2.04. The molecule has 1 atom stereocenters. The molecule has 0 saturated heterocycles. The topological polar surface area (TPSA) is 30.5 Å². The van der Waals surface area contributed by atoms with Crippen LogP contribution in [0.1, 0.15) is 12.5 Å². The molecular weight excluding hydrogens is 214 g/mol. The highest BCUT2D eigenvalue weighted by Crippen LogP contribution is 2.27. The summed E-state index contributed by atoms with van der Waals surface area (Å²) < 4.78 is 10.4. The van der Waals surface area contributed by atoms with Crippen LogP contribution in [0, 0.1) is 12.3 Å². The first-order valence-corrected chi connectivity index (χ1v) is 5.61. The van der Waals surface area contributed by atoms with Gasteiger partial charge in [-0.3, -0.25) is 0 Å². The van der Waals surface area contributed by atoms with Crippen LogP contribution < -0.4 is 14.8 Å². The molecule has 0 aliphatic rings. The average molecular weight is 233 g/mol. The summed E-state index contributed by atoms with van der Waals surface area (Å²) in [6.45, 7) is 2.81. The highest BCUT2D eigenvalue weighted by atomic mass is 16.5. The molecule has 0 aromatic heterocycles. The number of hydrogen-bond acceptors (Lipinski definition) is 3. The van der Waals surface area contributed by atoms with E-state index in [9.17, 15) is 0 Å². The average Bonchev–Trinajstić information content (AvgIpc) is 2.38. The molecule has 0 amide bonds. The van der Waals surface area contributed by atoms with E-state index in [1.807, 2.05) is 25.1 Å². The van der Waals surface area contributed by atoms with Gasteiger partial charge in [-0.25, -0.2) is 0 Å². The van der Waals surface area contributed by atoms with Crippen LogP contribution in [0.15, 0.2) is 18.2 Å². The van der Waals surface area contributed by atoms with Crippen molar-refractivity contribution in [3.8, 4) is 23.8 Å². The van der Waals surface area contributed by atoms with Crippen molar-refractivity contribution in [3.63, 3.8) is 0 Å². The van der Waals surface area contributed by atoms with Gasteiger partial charge < -0.3 is 14.8 Å². The third kappa shape index (κ3) is 4.01. The van der Waals surface area contributed by atoms with Crippen LogP contribution in [-0.4, -0.2) is 26.8 Å². The van der Waals surface area contributed by atoms with Crippen molar-refractivity contribution < 1.29 is 9.47 Å². The predicted molar refractivity (Wildman–Crippen MR) is 69.5 cm³/mol. The molecule has 0 saturated carbocycles. The van der Waals surface area contributed by atoms with Gasteiger partial charge in [-0.1, -0.05) is 12.0 Å². The second-order valence-electron chi connectivity index (χ2n) is 3.78. The Morgan fingerprint density at radius 3 is 2.59 bits per heavy atom. The number of terminal acetylenes is 1. The number of rotatable bonds is 6. The zero-order valence-corrected chi connectivity index (χ0v) is 10.6. The minimum atomic E-state index is 0.107. The molecule has 1 aromatic carbocycles. The second-order valence-corrected chi connectivity index (χ2v) is 3.78. The van der Waals surface area contributed by atoms with Crippen molar-refractivity contribution in [2.75, 3.05) is 20.8 Å². The van der Waals surface area contributed by atoms with E-state index in [2.05, 4.69) is 11.2 Å². The highest BCUT2D eigenvalue weighted by molar-refractivity contribution is 5.42. The molecule has 3 nitrogen and oxygen atoms in total. The summed E-state index contributed by atoms with van der Waals surface area (Å²) in [5.41, 5.74) is 1.19. The molecule has 3 heteroatoms. The summed E-state index contributed by atoms with van der Waals surface area (Å²) in [7, 11) is 3.27. The molecule has 1 aromatic rings. The lowest BCUT2D eigenvalue weighted by Crippen LogP contribution is -2.26. The molecule has 0 radical (unpaired) electrons. The molecule has 1 unspecified atom stereocenters. The maximum atomic E-state index is 5.29. The van der Waals surface area contributed by atoms with Gasteiger partial charge in [0.05, 0.1) is 20.3 Å². The fourth-order valence-electron chi connectivity index (χ4n) is 1.53. The molecule has 0 bridgehead atoms. The third-order valence-electron chi connectivity index (χ3n) is 2.56. The minimum absolute atomic E-state index is 0.107. The van der Waals surface area contributed by atoms with Crippen molar-refractivity contribution in [2.24, 2.45) is 0 Å². The van der Waals surface area contributed by atoms with Gasteiger partial charge in [0.25, 0.3) is 0 Å². The molecule has 0 aliphatic carbocycles. The van der Waals surface area contributed by atoms with Gasteiger partial charge in [0.1, 0.15) is 0 Å². The SMILES string of the molecule is C#CC(C)NCCc1ccc(OC)c(OC)c1. The lowest BCUT2D eigenvalue weighted by molar-refractivity contribution is 0.354. The zero-order valence-electron chi connectivity index (χ0n) is 10.6. The Bertz CT molecular complexity index is 396. The summed E-state index contributed by atoms with van der Waals surface area (Å²) in [6, 6.07) is 6.04. The number of benzene rings is 1. The summed E-state index contributed by atoms with van der Waals surface area (Å²) >= 11 is 0. The lowest BCUT2D eigenvalue weighted by Gasteiger charge is -2.10. The Labute approximate surface area is 103 Å². The minimum Gasteiger partial charge on any atom is -0.493 e. The van der Waals surface area contributed by atoms with Gasteiger partial charge in [0.2, 0.25) is 0 Å². The lowest BCUT2D eigenvalue weighted by atomic mass is 10.1. The fourth-order valence-corrected chi connectivity index (χ4v) is 1.53. The van der Waals surface area contributed by atoms with Crippen LogP contribution in [-0.2, 0) is 6.42 Å². The molecular formula is C14H19NO2. The van der Waals surface area contributed by atoms with Crippen LogP contribution in [0.5, 0.6) is 11.5 Å². The first kappa shape index (κ1) is 13.4. The first-order chi connectivity index (χ1) is 8.21. The van der Waals surface area contributed by atoms with Crippen molar-refractivity contribution >= 4 is 0 Å². The molecule has 92 valence electrons. The maximum absolute atomic E-state index is 5.29. The van der Waals surface area contributed by atoms with E-state index in [0.29, 0.717) is 0 Å². The van der Waals surface area contributed by atoms with Crippen molar-refractivity contribution in [1.82, 2.24) is 5.32 Å². The van der Waals surface area contributed by atoms with E-state index in [0.717, 1.165) is 24.5 Å². The largest absolute Gasteiger partial charge is 0.493 e. The summed E-state index contributed by atoms with van der Waals surface area (Å²) in [5, 5.41) is 3.24. The standard InChI is InChI=1S/C14H19NO2/c1-5-11(2)15-9-8-12-6-7-13(16-3)14(10-12)17-4/h1,6-7,10-11,15H,8-9H2,2-4H3. The monoisotopic (exact) mass is 233 g/mol. The van der Waals surface area contributed by atoms with Crippen LogP contribution in [0.4, 0.5) is 0 Å². The second kappa shape index (κ2) is 6.82. The smallest absolute Gasteiger partial charge is 0.160 e. The Hall–Kier alpha value is -1.66. The van der Waals surface area contributed by atoms with E-state index in [-0.39, 0.29) is 6.04 Å². The third-order valence-corrected chi connectivity index (χ3v) is 2.56. The zero-order chi connectivity index (χ0) is 12.7. The van der Waals surface area contributed by atoms with Gasteiger partial charge in [-0.15, -0.1) is 6.42 Å². The predicted octanol–water partition coefficient (Wildman–Crippen LogP) is 1.86. The molecule has 17 heavy (non-hydrogen) atoms. The van der Waals surface area contributed by atoms with Crippen molar-refractivity contribution in [3.05, 3.63) is 23.8 Å². The van der Waals surface area contributed by atoms with E-state index in [4.69, 9.17) is 15.9 Å². The molecule has 0 fully saturated rings. The van der Waals surface area contributed by atoms with Gasteiger partial charge in [0.15, 0.2) is 11.5 Å².